The maximum Gasteiger partial charge on any atom is 0.307 e. The van der Waals surface area contributed by atoms with Crippen molar-refractivity contribution in [1.29, 1.82) is 0 Å². The molecular weight excluding hydrogens is 254 g/mol. The van der Waals surface area contributed by atoms with E-state index in [1.807, 2.05) is 41.2 Å². The number of nitrogens with zero attached hydrogens (tertiary/aromatic N) is 2. The van der Waals surface area contributed by atoms with Gasteiger partial charge in [0.05, 0.1) is 25.8 Å². The van der Waals surface area contributed by atoms with E-state index < -0.39 is 0 Å². The number of carbonyl (C=O) groups is 1. The standard InChI is InChI=1S/C15H19N3O2/c1-2-20-15(19)8-14(16)13-9-17-18(11-13)10-12-6-4-3-5-7-12/h3-7,9,11,14H,2,8,10,16H2,1H3. The molecular formula is C15H19N3O2. The second kappa shape index (κ2) is 6.86. The number of hydrogen-bond acceptors (Lipinski definition) is 4. The summed E-state index contributed by atoms with van der Waals surface area (Å²) in [5, 5.41) is 4.27. The highest BCUT2D eigenvalue weighted by Crippen LogP contribution is 2.14. The molecule has 0 aliphatic carbocycles. The van der Waals surface area contributed by atoms with Crippen molar-refractivity contribution in [3.05, 3.63) is 53.9 Å². The Bertz CT molecular complexity index is 551. The molecule has 0 saturated heterocycles. The number of hydrogen-bond donors (Lipinski definition) is 1. The maximum absolute atomic E-state index is 11.4. The van der Waals surface area contributed by atoms with Crippen LogP contribution in [0.3, 0.4) is 0 Å². The SMILES string of the molecule is CCOC(=O)CC(N)c1cnn(Cc2ccccc2)c1. The first-order valence-corrected chi connectivity index (χ1v) is 6.66. The van der Waals surface area contributed by atoms with E-state index >= 15 is 0 Å². The molecule has 2 aromatic rings. The minimum atomic E-state index is -0.376. The Morgan fingerprint density at radius 1 is 1.40 bits per heavy atom. The average molecular weight is 273 g/mol. The van der Waals surface area contributed by atoms with Crippen LogP contribution in [0.25, 0.3) is 0 Å². The van der Waals surface area contributed by atoms with Crippen LogP contribution in [-0.2, 0) is 16.1 Å². The zero-order valence-electron chi connectivity index (χ0n) is 11.5. The summed E-state index contributed by atoms with van der Waals surface area (Å²) in [6.45, 7) is 2.84. The van der Waals surface area contributed by atoms with Crippen molar-refractivity contribution in [2.24, 2.45) is 5.73 Å². The Morgan fingerprint density at radius 2 is 2.15 bits per heavy atom. The minimum Gasteiger partial charge on any atom is -0.466 e. The molecule has 20 heavy (non-hydrogen) atoms. The summed E-state index contributed by atoms with van der Waals surface area (Å²) in [5.74, 6) is -0.282. The Labute approximate surface area is 118 Å². The predicted octanol–water partition coefficient (Wildman–Crippen LogP) is 1.88. The molecule has 1 atom stereocenters. The predicted molar refractivity (Wildman–Crippen MR) is 75.9 cm³/mol. The van der Waals surface area contributed by atoms with Crippen LogP contribution in [-0.4, -0.2) is 22.4 Å². The smallest absolute Gasteiger partial charge is 0.307 e. The molecule has 5 nitrogen and oxygen atoms in total. The van der Waals surface area contributed by atoms with Gasteiger partial charge < -0.3 is 10.5 Å². The van der Waals surface area contributed by atoms with E-state index in [4.69, 9.17) is 10.5 Å². The van der Waals surface area contributed by atoms with E-state index in [9.17, 15) is 4.79 Å². The van der Waals surface area contributed by atoms with Crippen LogP contribution < -0.4 is 5.73 Å². The Kier molecular flexibility index (Phi) is 4.90. The van der Waals surface area contributed by atoms with Crippen LogP contribution in [0, 0.1) is 0 Å². The molecule has 0 saturated carbocycles. The van der Waals surface area contributed by atoms with Gasteiger partial charge in [0.2, 0.25) is 0 Å². The molecule has 0 fully saturated rings. The lowest BCUT2D eigenvalue weighted by atomic mass is 10.1. The van der Waals surface area contributed by atoms with Gasteiger partial charge >= 0.3 is 5.97 Å². The third kappa shape index (κ3) is 3.93. The fourth-order valence-electron chi connectivity index (χ4n) is 1.95. The number of carbonyl (C=O) groups excluding carboxylic acids is 1. The van der Waals surface area contributed by atoms with Gasteiger partial charge in [0.25, 0.3) is 0 Å². The molecule has 2 rings (SSSR count). The summed E-state index contributed by atoms with van der Waals surface area (Å²) >= 11 is 0. The molecule has 1 aromatic carbocycles. The second-order valence-corrected chi connectivity index (χ2v) is 4.57. The molecule has 1 aromatic heterocycles. The molecule has 2 N–H and O–H groups in total. The van der Waals surface area contributed by atoms with Crippen molar-refractivity contribution < 1.29 is 9.53 Å². The normalized spacial score (nSPS) is 12.1. The van der Waals surface area contributed by atoms with E-state index in [2.05, 4.69) is 5.10 Å². The van der Waals surface area contributed by atoms with Crippen molar-refractivity contribution >= 4 is 5.97 Å². The van der Waals surface area contributed by atoms with E-state index in [1.54, 1.807) is 13.1 Å². The van der Waals surface area contributed by atoms with Crippen LogP contribution in [0.4, 0.5) is 0 Å². The number of nitrogens with two attached hydrogens (primary N) is 1. The molecule has 0 spiro atoms. The number of benzene rings is 1. The first-order chi connectivity index (χ1) is 9.69. The fraction of sp³-hybridized carbons (Fsp3) is 0.333. The molecule has 1 heterocycles. The highest BCUT2D eigenvalue weighted by Gasteiger charge is 2.14. The van der Waals surface area contributed by atoms with Crippen LogP contribution in [0.5, 0.6) is 0 Å². The maximum atomic E-state index is 11.4. The summed E-state index contributed by atoms with van der Waals surface area (Å²) in [4.78, 5) is 11.4. The molecule has 106 valence electrons. The number of rotatable bonds is 6. The van der Waals surface area contributed by atoms with Gasteiger partial charge in [-0.25, -0.2) is 0 Å². The van der Waals surface area contributed by atoms with Gasteiger partial charge in [-0.15, -0.1) is 0 Å². The quantitative estimate of drug-likeness (QED) is 0.816. The third-order valence-electron chi connectivity index (χ3n) is 2.96. The Hall–Kier alpha value is -2.14. The first kappa shape index (κ1) is 14.3. The lowest BCUT2D eigenvalue weighted by Gasteiger charge is -2.08. The molecule has 5 heteroatoms. The fourth-order valence-corrected chi connectivity index (χ4v) is 1.95. The minimum absolute atomic E-state index is 0.171. The highest BCUT2D eigenvalue weighted by molar-refractivity contribution is 5.70. The molecule has 0 radical (unpaired) electrons. The first-order valence-electron chi connectivity index (χ1n) is 6.66. The highest BCUT2D eigenvalue weighted by atomic mass is 16.5. The zero-order valence-corrected chi connectivity index (χ0v) is 11.5. The van der Waals surface area contributed by atoms with Crippen LogP contribution in [0.1, 0.15) is 30.5 Å². The number of aromatic nitrogens is 2. The van der Waals surface area contributed by atoms with Crippen molar-refractivity contribution in [2.45, 2.75) is 25.9 Å². The van der Waals surface area contributed by atoms with Crippen molar-refractivity contribution in [3.8, 4) is 0 Å². The second-order valence-electron chi connectivity index (χ2n) is 4.57. The summed E-state index contributed by atoms with van der Waals surface area (Å²) in [6, 6.07) is 9.67. The van der Waals surface area contributed by atoms with Gasteiger partial charge in [-0.05, 0) is 12.5 Å². The molecule has 0 bridgehead atoms. The van der Waals surface area contributed by atoms with Gasteiger partial charge in [0.1, 0.15) is 0 Å². The molecule has 0 amide bonds. The third-order valence-corrected chi connectivity index (χ3v) is 2.96. The Morgan fingerprint density at radius 3 is 2.85 bits per heavy atom. The van der Waals surface area contributed by atoms with Gasteiger partial charge in [-0.3, -0.25) is 9.48 Å². The largest absolute Gasteiger partial charge is 0.466 e. The van der Waals surface area contributed by atoms with E-state index in [0.717, 1.165) is 5.56 Å². The van der Waals surface area contributed by atoms with Gasteiger partial charge in [-0.2, -0.15) is 5.10 Å². The number of esters is 1. The lowest BCUT2D eigenvalue weighted by Crippen LogP contribution is -2.16. The zero-order chi connectivity index (χ0) is 14.4. The van der Waals surface area contributed by atoms with Gasteiger partial charge in [0.15, 0.2) is 0 Å². The van der Waals surface area contributed by atoms with Crippen LogP contribution in [0.2, 0.25) is 0 Å². The van der Waals surface area contributed by atoms with Crippen molar-refractivity contribution in [2.75, 3.05) is 6.61 Å². The van der Waals surface area contributed by atoms with E-state index in [1.165, 1.54) is 5.56 Å². The summed E-state index contributed by atoms with van der Waals surface area (Å²) < 4.78 is 6.71. The van der Waals surface area contributed by atoms with Crippen LogP contribution in [0.15, 0.2) is 42.7 Å². The molecule has 1 unspecified atom stereocenters. The topological polar surface area (TPSA) is 70.1 Å². The van der Waals surface area contributed by atoms with Gasteiger partial charge in [-0.1, -0.05) is 30.3 Å². The van der Waals surface area contributed by atoms with E-state index in [0.29, 0.717) is 13.2 Å². The van der Waals surface area contributed by atoms with Crippen LogP contribution >= 0.6 is 0 Å². The monoisotopic (exact) mass is 273 g/mol. The summed E-state index contributed by atoms with van der Waals surface area (Å²) in [7, 11) is 0. The van der Waals surface area contributed by atoms with E-state index in [-0.39, 0.29) is 18.4 Å². The molecule has 0 aliphatic heterocycles. The van der Waals surface area contributed by atoms with Crippen molar-refractivity contribution in [1.82, 2.24) is 9.78 Å². The van der Waals surface area contributed by atoms with Crippen molar-refractivity contribution in [3.63, 3.8) is 0 Å². The van der Waals surface area contributed by atoms with Gasteiger partial charge in [0, 0.05) is 17.8 Å². The lowest BCUT2D eigenvalue weighted by molar-refractivity contribution is -0.143. The Balaban J connectivity index is 1.96. The summed E-state index contributed by atoms with van der Waals surface area (Å²) in [5.41, 5.74) is 7.99. The number of ether oxygens (including phenoxy) is 1. The average Bonchev–Trinajstić information content (AvgIpc) is 2.89. The molecule has 0 aliphatic rings. The summed E-state index contributed by atoms with van der Waals surface area (Å²) in [6.07, 6.45) is 3.74.